The van der Waals surface area contributed by atoms with Crippen molar-refractivity contribution in [2.75, 3.05) is 0 Å². The van der Waals surface area contributed by atoms with Crippen molar-refractivity contribution in [3.05, 3.63) is 71.3 Å². The summed E-state index contributed by atoms with van der Waals surface area (Å²) in [6.07, 6.45) is 2.14. The van der Waals surface area contributed by atoms with E-state index >= 15 is 0 Å². The van der Waals surface area contributed by atoms with Crippen molar-refractivity contribution in [2.45, 2.75) is 63.1 Å². The molecule has 9 nitrogen and oxygen atoms in total. The summed E-state index contributed by atoms with van der Waals surface area (Å²) in [5, 5.41) is 2.65. The lowest BCUT2D eigenvalue weighted by Crippen LogP contribution is -2.46. The summed E-state index contributed by atoms with van der Waals surface area (Å²) >= 11 is 0. The van der Waals surface area contributed by atoms with Gasteiger partial charge in [0.15, 0.2) is 0 Å². The number of esters is 3. The first-order chi connectivity index (χ1) is 17.2. The van der Waals surface area contributed by atoms with Gasteiger partial charge in [0, 0.05) is 24.0 Å². The molecule has 4 aliphatic rings. The molecule has 0 aromatic heterocycles. The predicted octanol–water partition coefficient (Wildman–Crippen LogP) is 3.05. The lowest BCUT2D eigenvalue weighted by Gasteiger charge is -2.27. The summed E-state index contributed by atoms with van der Waals surface area (Å²) in [6.45, 7) is 5.78. The number of carbonyl (C=O) groups excluding carboxylic acids is 4. The van der Waals surface area contributed by atoms with Crippen LogP contribution in [0.3, 0.4) is 0 Å². The normalized spacial score (nSPS) is 29.5. The molecule has 188 valence electrons. The van der Waals surface area contributed by atoms with Gasteiger partial charge in [-0.15, -0.1) is 0 Å². The fourth-order valence-corrected chi connectivity index (χ4v) is 4.81. The Hall–Kier alpha value is -3.88. The molecule has 9 heteroatoms. The second-order valence-corrected chi connectivity index (χ2v) is 9.69. The van der Waals surface area contributed by atoms with E-state index in [4.69, 9.17) is 18.9 Å². The molecule has 5 rings (SSSR count). The number of amides is 1. The molecule has 1 N–H and O–H groups in total. The number of nitrogens with one attached hydrogen (secondary N) is 1. The molecule has 0 unspecified atom stereocenters. The van der Waals surface area contributed by atoms with E-state index in [0.717, 1.165) is 11.1 Å². The summed E-state index contributed by atoms with van der Waals surface area (Å²) in [5.74, 6) is -2.33. The van der Waals surface area contributed by atoms with Crippen LogP contribution in [0.1, 0.15) is 38.2 Å². The Morgan fingerprint density at radius 3 is 2.56 bits per heavy atom. The van der Waals surface area contributed by atoms with Gasteiger partial charge in [-0.05, 0) is 37.5 Å². The molecule has 1 saturated heterocycles. The van der Waals surface area contributed by atoms with Gasteiger partial charge in [-0.1, -0.05) is 42.5 Å². The molecular weight excluding hydrogens is 466 g/mol. The second kappa shape index (κ2) is 9.29. The third-order valence-corrected chi connectivity index (χ3v) is 6.92. The molecule has 2 bridgehead atoms. The molecule has 2 aliphatic heterocycles. The quantitative estimate of drug-likeness (QED) is 0.288. The Balaban J connectivity index is 1.31. The fraction of sp³-hybridized carbons (Fsp3) is 0.407. The summed E-state index contributed by atoms with van der Waals surface area (Å²) in [5.41, 5.74) is 1.05. The monoisotopic (exact) mass is 493 g/mol. The van der Waals surface area contributed by atoms with E-state index in [1.54, 1.807) is 12.2 Å². The lowest BCUT2D eigenvalue weighted by molar-refractivity contribution is -0.153. The topological polar surface area (TPSA) is 117 Å². The van der Waals surface area contributed by atoms with Crippen LogP contribution in [0, 0.1) is 5.92 Å². The minimum Gasteiger partial charge on any atom is -0.458 e. The van der Waals surface area contributed by atoms with Crippen LogP contribution in [-0.4, -0.2) is 47.9 Å². The lowest BCUT2D eigenvalue weighted by atomic mass is 9.85. The summed E-state index contributed by atoms with van der Waals surface area (Å²) in [7, 11) is 0. The van der Waals surface area contributed by atoms with Gasteiger partial charge in [0.25, 0.3) is 0 Å². The van der Waals surface area contributed by atoms with Gasteiger partial charge >= 0.3 is 24.0 Å². The third kappa shape index (κ3) is 4.78. The van der Waals surface area contributed by atoms with E-state index in [-0.39, 0.29) is 18.6 Å². The molecule has 36 heavy (non-hydrogen) atoms. The van der Waals surface area contributed by atoms with Crippen molar-refractivity contribution in [2.24, 2.45) is 5.92 Å². The van der Waals surface area contributed by atoms with E-state index in [0.29, 0.717) is 24.8 Å². The van der Waals surface area contributed by atoms with Crippen LogP contribution < -0.4 is 5.32 Å². The molecule has 1 saturated carbocycles. The van der Waals surface area contributed by atoms with Crippen molar-refractivity contribution in [3.63, 3.8) is 0 Å². The maximum Gasteiger partial charge on any atom is 0.408 e. The largest absolute Gasteiger partial charge is 0.458 e. The molecule has 1 aromatic carbocycles. The highest BCUT2D eigenvalue weighted by Crippen LogP contribution is 2.41. The summed E-state index contributed by atoms with van der Waals surface area (Å²) < 4.78 is 22.1. The molecule has 2 aliphatic carbocycles. The highest BCUT2D eigenvalue weighted by atomic mass is 16.6. The molecule has 2 heterocycles. The van der Waals surface area contributed by atoms with E-state index in [1.165, 1.54) is 0 Å². The van der Waals surface area contributed by atoms with Gasteiger partial charge in [-0.3, -0.25) is 0 Å². The van der Waals surface area contributed by atoms with Crippen LogP contribution in [0.25, 0.3) is 0 Å². The molecule has 0 spiro atoms. The molecule has 1 aromatic rings. The average molecular weight is 494 g/mol. The first-order valence-electron chi connectivity index (χ1n) is 11.9. The number of carbonyl (C=O) groups is 4. The van der Waals surface area contributed by atoms with Gasteiger partial charge in [0.05, 0.1) is 5.92 Å². The fourth-order valence-electron chi connectivity index (χ4n) is 4.81. The molecule has 1 amide bonds. The van der Waals surface area contributed by atoms with Crippen molar-refractivity contribution < 1.29 is 38.1 Å². The zero-order chi connectivity index (χ0) is 25.4. The number of alkyl carbamates (subject to hydrolysis) is 1. The highest BCUT2D eigenvalue weighted by Gasteiger charge is 2.55. The van der Waals surface area contributed by atoms with Crippen LogP contribution in [0.5, 0.6) is 0 Å². The van der Waals surface area contributed by atoms with Crippen LogP contribution in [0.4, 0.5) is 4.79 Å². The van der Waals surface area contributed by atoms with Crippen molar-refractivity contribution in [3.8, 4) is 0 Å². The SMILES string of the molecule is C=C1C(=O)O[C@H]2CC3=C[C@H](C/C(C)=C/[C@@H](OC(=O)C4(NC(=O)OCc5ccccc5)CC4)[C@H]12)OC3=O. The standard InChI is InChI=1S/C27H27NO8/c1-15-10-19-12-18(24(30)34-19)13-21-22(16(2)23(29)35-21)20(11-15)36-25(31)27(8-9-27)28-26(32)33-14-17-6-4-3-5-7-17/h3-7,11-12,19-22H,2,8-10,13-14H2,1H3,(H,28,32)/b15-11+/t19-,20+,21-,22-/m0/s1. The molecule has 4 atom stereocenters. The maximum atomic E-state index is 13.3. The van der Waals surface area contributed by atoms with Crippen molar-refractivity contribution >= 4 is 24.0 Å². The Kier molecular flexibility index (Phi) is 6.15. The first kappa shape index (κ1) is 23.8. The highest BCUT2D eigenvalue weighted by molar-refractivity contribution is 5.94. The van der Waals surface area contributed by atoms with Gasteiger partial charge in [0.1, 0.15) is 30.5 Å². The molecule has 0 radical (unpaired) electrons. The Morgan fingerprint density at radius 2 is 1.83 bits per heavy atom. The van der Waals surface area contributed by atoms with E-state index in [1.807, 2.05) is 37.3 Å². The van der Waals surface area contributed by atoms with Crippen LogP contribution >= 0.6 is 0 Å². The van der Waals surface area contributed by atoms with Crippen molar-refractivity contribution in [1.29, 1.82) is 0 Å². The number of rotatable bonds is 5. The number of fused-ring (bicyclic) bond motifs is 2. The number of ether oxygens (including phenoxy) is 4. The Morgan fingerprint density at radius 1 is 1.08 bits per heavy atom. The zero-order valence-corrected chi connectivity index (χ0v) is 19.9. The predicted molar refractivity (Wildman–Crippen MR) is 125 cm³/mol. The van der Waals surface area contributed by atoms with Gasteiger partial charge in [-0.25, -0.2) is 19.2 Å². The van der Waals surface area contributed by atoms with Gasteiger partial charge < -0.3 is 24.3 Å². The van der Waals surface area contributed by atoms with E-state index < -0.39 is 53.8 Å². The van der Waals surface area contributed by atoms with Crippen LogP contribution in [-0.2, 0) is 39.9 Å². The number of hydrogen-bond acceptors (Lipinski definition) is 8. The average Bonchev–Trinajstić information content (AvgIpc) is 3.47. The van der Waals surface area contributed by atoms with Gasteiger partial charge in [0.2, 0.25) is 0 Å². The minimum absolute atomic E-state index is 0.0726. The molecule has 2 fully saturated rings. The number of benzene rings is 1. The Bertz CT molecular complexity index is 1180. The van der Waals surface area contributed by atoms with Crippen LogP contribution in [0.2, 0.25) is 0 Å². The van der Waals surface area contributed by atoms with E-state index in [9.17, 15) is 19.2 Å². The first-order valence-corrected chi connectivity index (χ1v) is 11.9. The zero-order valence-electron chi connectivity index (χ0n) is 19.9. The summed E-state index contributed by atoms with van der Waals surface area (Å²) in [4.78, 5) is 50.3. The Labute approximate surface area is 208 Å². The van der Waals surface area contributed by atoms with E-state index in [2.05, 4.69) is 11.9 Å². The number of hydrogen-bond donors (Lipinski definition) is 1. The maximum absolute atomic E-state index is 13.3. The minimum atomic E-state index is -1.19. The van der Waals surface area contributed by atoms with Crippen LogP contribution in [0.15, 0.2) is 65.8 Å². The second-order valence-electron chi connectivity index (χ2n) is 9.69. The molecular formula is C27H27NO8. The smallest absolute Gasteiger partial charge is 0.408 e. The van der Waals surface area contributed by atoms with Crippen molar-refractivity contribution in [1.82, 2.24) is 5.32 Å². The van der Waals surface area contributed by atoms with Gasteiger partial charge in [-0.2, -0.15) is 0 Å². The third-order valence-electron chi connectivity index (χ3n) is 6.92. The summed E-state index contributed by atoms with van der Waals surface area (Å²) in [6, 6.07) is 9.21.